The van der Waals surface area contributed by atoms with Crippen molar-refractivity contribution in [2.24, 2.45) is 11.8 Å². The van der Waals surface area contributed by atoms with Gasteiger partial charge in [-0.1, -0.05) is 0 Å². The summed E-state index contributed by atoms with van der Waals surface area (Å²) in [4.78, 5) is 24.8. The van der Waals surface area contributed by atoms with Crippen LogP contribution in [0.4, 0.5) is 13.2 Å². The molecule has 7 heteroatoms. The number of carbonyl (C=O) groups excluding carboxylic acids is 1. The fourth-order valence-corrected chi connectivity index (χ4v) is 3.44. The number of rotatable bonds is 3. The Morgan fingerprint density at radius 3 is 2.24 bits per heavy atom. The van der Waals surface area contributed by atoms with Crippen LogP contribution in [-0.2, 0) is 9.59 Å². The Balaban J connectivity index is 1.91. The van der Waals surface area contributed by atoms with Crippen LogP contribution in [0.1, 0.15) is 44.9 Å². The highest BCUT2D eigenvalue weighted by Gasteiger charge is 2.43. The molecular weight excluding hydrogens is 287 g/mol. The van der Waals surface area contributed by atoms with Gasteiger partial charge in [0, 0.05) is 18.5 Å². The van der Waals surface area contributed by atoms with Gasteiger partial charge in [0.15, 0.2) is 0 Å². The summed E-state index contributed by atoms with van der Waals surface area (Å²) >= 11 is 0. The molecular formula is C14H20F3NO3. The minimum Gasteiger partial charge on any atom is -0.481 e. The Kier molecular flexibility index (Phi) is 4.78. The van der Waals surface area contributed by atoms with Gasteiger partial charge < -0.3 is 10.0 Å². The Morgan fingerprint density at radius 2 is 1.71 bits per heavy atom. The zero-order valence-corrected chi connectivity index (χ0v) is 11.7. The minimum absolute atomic E-state index is 0.00264. The highest BCUT2D eigenvalue weighted by Crippen LogP contribution is 2.40. The average molecular weight is 307 g/mol. The number of hydrogen-bond acceptors (Lipinski definition) is 2. The van der Waals surface area contributed by atoms with Gasteiger partial charge in [0.1, 0.15) is 0 Å². The molecule has 0 aromatic carbocycles. The first kappa shape index (κ1) is 16.1. The van der Waals surface area contributed by atoms with Crippen LogP contribution in [-0.4, -0.2) is 40.6 Å². The molecule has 2 rings (SSSR count). The SMILES string of the molecule is O=C(O)CC1CCCN1C(=O)C1CCC(C(F)(F)F)CC1. The number of nitrogens with zero attached hydrogens (tertiary/aromatic N) is 1. The summed E-state index contributed by atoms with van der Waals surface area (Å²) in [5, 5.41) is 8.85. The van der Waals surface area contributed by atoms with Crippen molar-refractivity contribution in [1.82, 2.24) is 4.90 Å². The first-order valence-corrected chi connectivity index (χ1v) is 7.38. The van der Waals surface area contributed by atoms with Crippen LogP contribution in [0.2, 0.25) is 0 Å². The molecule has 4 nitrogen and oxygen atoms in total. The lowest BCUT2D eigenvalue weighted by molar-refractivity contribution is -0.185. The molecule has 2 fully saturated rings. The van der Waals surface area contributed by atoms with Crippen molar-refractivity contribution < 1.29 is 27.9 Å². The van der Waals surface area contributed by atoms with Gasteiger partial charge in [-0.2, -0.15) is 13.2 Å². The number of likely N-dealkylation sites (tertiary alicyclic amines) is 1. The number of carbonyl (C=O) groups is 2. The van der Waals surface area contributed by atoms with E-state index in [0.29, 0.717) is 13.0 Å². The molecule has 1 unspecified atom stereocenters. The largest absolute Gasteiger partial charge is 0.481 e. The molecule has 1 aliphatic heterocycles. The molecule has 0 radical (unpaired) electrons. The van der Waals surface area contributed by atoms with Crippen molar-refractivity contribution in [2.75, 3.05) is 6.54 Å². The summed E-state index contributed by atoms with van der Waals surface area (Å²) in [5.74, 6) is -2.77. The quantitative estimate of drug-likeness (QED) is 0.872. The van der Waals surface area contributed by atoms with Crippen molar-refractivity contribution in [3.05, 3.63) is 0 Å². The standard InChI is InChI=1S/C14H20F3NO3/c15-14(16,17)10-5-3-9(4-6-10)13(21)18-7-1-2-11(18)8-12(19)20/h9-11H,1-8H2,(H,19,20). The van der Waals surface area contributed by atoms with Crippen molar-refractivity contribution in [2.45, 2.75) is 57.2 Å². The number of carboxylic acid groups (broad SMARTS) is 1. The summed E-state index contributed by atoms with van der Waals surface area (Å²) in [6.07, 6.45) is -2.33. The Morgan fingerprint density at radius 1 is 1.10 bits per heavy atom. The molecule has 1 amide bonds. The molecule has 0 aromatic heterocycles. The highest BCUT2D eigenvalue weighted by molar-refractivity contribution is 5.80. The van der Waals surface area contributed by atoms with Crippen molar-refractivity contribution >= 4 is 11.9 Å². The van der Waals surface area contributed by atoms with Crippen molar-refractivity contribution in [3.63, 3.8) is 0 Å². The molecule has 21 heavy (non-hydrogen) atoms. The zero-order chi connectivity index (χ0) is 15.6. The van der Waals surface area contributed by atoms with Crippen LogP contribution < -0.4 is 0 Å². The molecule has 1 saturated carbocycles. The third-order valence-electron chi connectivity index (χ3n) is 4.61. The minimum atomic E-state index is -4.17. The van der Waals surface area contributed by atoms with E-state index in [1.165, 1.54) is 0 Å². The Hall–Kier alpha value is -1.27. The van der Waals surface area contributed by atoms with Gasteiger partial charge in [0.2, 0.25) is 5.91 Å². The van der Waals surface area contributed by atoms with Gasteiger partial charge in [0.25, 0.3) is 0 Å². The van der Waals surface area contributed by atoms with E-state index in [1.807, 2.05) is 0 Å². The second-order valence-corrected chi connectivity index (χ2v) is 6.02. The lowest BCUT2D eigenvalue weighted by Crippen LogP contribution is -2.42. The van der Waals surface area contributed by atoms with Gasteiger partial charge in [-0.15, -0.1) is 0 Å². The molecule has 1 saturated heterocycles. The first-order chi connectivity index (χ1) is 9.79. The van der Waals surface area contributed by atoms with Crippen LogP contribution in [0, 0.1) is 11.8 Å². The maximum atomic E-state index is 12.6. The lowest BCUT2D eigenvalue weighted by Gasteiger charge is -2.33. The third kappa shape index (κ3) is 3.89. The Bertz CT molecular complexity index is 403. The predicted octanol–water partition coefficient (Wildman–Crippen LogP) is 2.82. The van der Waals surface area contributed by atoms with Gasteiger partial charge in [-0.05, 0) is 38.5 Å². The number of amides is 1. The summed E-state index contributed by atoms with van der Waals surface area (Å²) in [6, 6.07) is -0.296. The average Bonchev–Trinajstić information content (AvgIpc) is 2.84. The second-order valence-electron chi connectivity index (χ2n) is 6.02. The molecule has 120 valence electrons. The monoisotopic (exact) mass is 307 g/mol. The highest BCUT2D eigenvalue weighted by atomic mass is 19.4. The predicted molar refractivity (Wildman–Crippen MR) is 68.5 cm³/mol. The lowest BCUT2D eigenvalue weighted by atomic mass is 9.81. The van der Waals surface area contributed by atoms with Gasteiger partial charge in [0.05, 0.1) is 12.3 Å². The van der Waals surface area contributed by atoms with E-state index < -0.39 is 18.1 Å². The number of carboxylic acids is 1. The first-order valence-electron chi connectivity index (χ1n) is 7.38. The van der Waals surface area contributed by atoms with Crippen LogP contribution in [0.25, 0.3) is 0 Å². The van der Waals surface area contributed by atoms with E-state index in [4.69, 9.17) is 5.11 Å². The van der Waals surface area contributed by atoms with Crippen LogP contribution in [0.5, 0.6) is 0 Å². The topological polar surface area (TPSA) is 57.6 Å². The molecule has 1 heterocycles. The van der Waals surface area contributed by atoms with Crippen LogP contribution in [0.3, 0.4) is 0 Å². The summed E-state index contributed by atoms with van der Waals surface area (Å²) in [6.45, 7) is 0.524. The maximum absolute atomic E-state index is 12.6. The Labute approximate surface area is 121 Å². The van der Waals surface area contributed by atoms with E-state index in [2.05, 4.69) is 0 Å². The molecule has 0 spiro atoms. The van der Waals surface area contributed by atoms with Crippen molar-refractivity contribution in [1.29, 1.82) is 0 Å². The number of aliphatic carboxylic acids is 1. The fourth-order valence-electron chi connectivity index (χ4n) is 3.44. The maximum Gasteiger partial charge on any atom is 0.391 e. The van der Waals surface area contributed by atoms with Gasteiger partial charge in [-0.25, -0.2) is 0 Å². The van der Waals surface area contributed by atoms with Gasteiger partial charge in [-0.3, -0.25) is 9.59 Å². The van der Waals surface area contributed by atoms with E-state index >= 15 is 0 Å². The molecule has 2 aliphatic rings. The van der Waals surface area contributed by atoms with Gasteiger partial charge >= 0.3 is 12.1 Å². The van der Waals surface area contributed by atoms with Crippen molar-refractivity contribution in [3.8, 4) is 0 Å². The third-order valence-corrected chi connectivity index (χ3v) is 4.61. The van der Waals surface area contributed by atoms with E-state index in [9.17, 15) is 22.8 Å². The summed E-state index contributed by atoms with van der Waals surface area (Å²) in [7, 11) is 0. The second kappa shape index (κ2) is 6.23. The molecule has 0 bridgehead atoms. The van der Waals surface area contributed by atoms with Crippen LogP contribution in [0.15, 0.2) is 0 Å². The van der Waals surface area contributed by atoms with Crippen LogP contribution >= 0.6 is 0 Å². The summed E-state index contributed by atoms with van der Waals surface area (Å²) in [5.41, 5.74) is 0. The number of hydrogen-bond donors (Lipinski definition) is 1. The van der Waals surface area contributed by atoms with E-state index in [0.717, 1.165) is 6.42 Å². The molecule has 0 aromatic rings. The zero-order valence-electron chi connectivity index (χ0n) is 11.7. The fraction of sp³-hybridized carbons (Fsp3) is 0.857. The smallest absolute Gasteiger partial charge is 0.391 e. The number of halogens is 3. The summed E-state index contributed by atoms with van der Waals surface area (Å²) < 4.78 is 37.8. The molecule has 1 aliphatic carbocycles. The number of alkyl halides is 3. The normalized spacial score (nSPS) is 30.4. The molecule has 1 N–H and O–H groups in total. The molecule has 1 atom stereocenters. The van der Waals surface area contributed by atoms with E-state index in [1.54, 1.807) is 4.90 Å². The van der Waals surface area contributed by atoms with E-state index in [-0.39, 0.29) is 50.0 Å².